The van der Waals surface area contributed by atoms with Crippen molar-refractivity contribution in [2.75, 3.05) is 5.32 Å². The van der Waals surface area contributed by atoms with Gasteiger partial charge in [-0.3, -0.25) is 10.1 Å². The highest BCUT2D eigenvalue weighted by atomic mass is 16.5. The molecule has 2 rings (SSSR count). The largest absolute Gasteiger partial charge is 0.365 e. The second-order valence-corrected chi connectivity index (χ2v) is 6.67. The van der Waals surface area contributed by atoms with Crippen molar-refractivity contribution >= 4 is 28.6 Å². The number of carbonyl (C=O) groups is 1. The van der Waals surface area contributed by atoms with E-state index < -0.39 is 18.1 Å². The fourth-order valence-corrected chi connectivity index (χ4v) is 2.37. The minimum Gasteiger partial charge on any atom is -0.365 e. The van der Waals surface area contributed by atoms with Crippen molar-refractivity contribution in [2.45, 2.75) is 45.4 Å². The fraction of sp³-hybridized carbons (Fsp3) is 0.438. The second kappa shape index (κ2) is 5.65. The number of fused-ring (bicyclic) bond motifs is 1. The van der Waals surface area contributed by atoms with E-state index in [9.17, 15) is 15.0 Å². The predicted octanol–water partition coefficient (Wildman–Crippen LogP) is 2.37. The molecule has 0 aliphatic heterocycles. The number of anilines is 1. The number of benzene rings is 1. The molecule has 0 atom stereocenters. The van der Waals surface area contributed by atoms with Crippen LogP contribution in [0, 0.1) is 6.57 Å². The molecule has 1 heterocycles. The molecule has 7 nitrogen and oxygen atoms in total. The van der Waals surface area contributed by atoms with Gasteiger partial charge in [-0.2, -0.15) is 0 Å². The molecular formula is C16H20N4O3. The van der Waals surface area contributed by atoms with Gasteiger partial charge >= 0.3 is 0 Å². The van der Waals surface area contributed by atoms with E-state index in [0.29, 0.717) is 17.2 Å². The Morgan fingerprint density at radius 3 is 2.52 bits per heavy atom. The summed E-state index contributed by atoms with van der Waals surface area (Å²) in [6.07, 6.45) is -0.465. The lowest BCUT2D eigenvalue weighted by Crippen LogP contribution is -2.32. The number of aliphatic hydroxyl groups is 2. The van der Waals surface area contributed by atoms with Crippen molar-refractivity contribution in [3.63, 3.8) is 0 Å². The lowest BCUT2D eigenvalue weighted by Gasteiger charge is -2.25. The lowest BCUT2D eigenvalue weighted by atomic mass is 10.1. The maximum atomic E-state index is 12.0. The van der Waals surface area contributed by atoms with Gasteiger partial charge in [0.05, 0.1) is 24.0 Å². The third-order valence-corrected chi connectivity index (χ3v) is 3.18. The molecule has 0 unspecified atom stereocenters. The summed E-state index contributed by atoms with van der Waals surface area (Å²) >= 11 is 0. The number of nitrogens with zero attached hydrogens (tertiary/aromatic N) is 3. The van der Waals surface area contributed by atoms with Crippen molar-refractivity contribution in [3.05, 3.63) is 29.6 Å². The molecule has 0 aliphatic rings. The van der Waals surface area contributed by atoms with Gasteiger partial charge in [-0.25, -0.2) is 9.83 Å². The molecule has 0 radical (unpaired) electrons. The third kappa shape index (κ3) is 3.86. The van der Waals surface area contributed by atoms with E-state index in [-0.39, 0.29) is 5.54 Å². The van der Waals surface area contributed by atoms with Crippen LogP contribution in [0.25, 0.3) is 15.9 Å². The van der Waals surface area contributed by atoms with Crippen LogP contribution >= 0.6 is 0 Å². The lowest BCUT2D eigenvalue weighted by molar-refractivity contribution is -0.158. The van der Waals surface area contributed by atoms with Gasteiger partial charge in [0.1, 0.15) is 0 Å². The summed E-state index contributed by atoms with van der Waals surface area (Å²) in [5.41, 5.74) is 1.48. The first kappa shape index (κ1) is 16.9. The van der Waals surface area contributed by atoms with Crippen LogP contribution in [0.15, 0.2) is 18.2 Å². The Kier molecular flexibility index (Phi) is 4.16. The van der Waals surface area contributed by atoms with Crippen molar-refractivity contribution in [1.82, 2.24) is 9.55 Å². The van der Waals surface area contributed by atoms with E-state index in [2.05, 4.69) is 15.1 Å². The van der Waals surface area contributed by atoms with Crippen LogP contribution in [-0.2, 0) is 10.3 Å². The van der Waals surface area contributed by atoms with Crippen LogP contribution < -0.4 is 5.32 Å². The minimum atomic E-state index is -2.08. The number of imidazole rings is 1. The summed E-state index contributed by atoms with van der Waals surface area (Å²) < 4.78 is 1.82. The predicted molar refractivity (Wildman–Crippen MR) is 87.1 cm³/mol. The standard InChI is InChI=1S/C16H20N4O3/c1-15(2,3)20-12-8-10(17-5)6-7-11(12)18-14(20)19-13(21)9-16(4,22)23/h6-8,22-23H,9H2,1-4H3,(H,18,19,21). The summed E-state index contributed by atoms with van der Waals surface area (Å²) in [6.45, 7) is 14.1. The van der Waals surface area contributed by atoms with E-state index in [1.165, 1.54) is 0 Å². The van der Waals surface area contributed by atoms with Gasteiger partial charge in [-0.15, -0.1) is 0 Å². The summed E-state index contributed by atoms with van der Waals surface area (Å²) in [6, 6.07) is 5.11. The van der Waals surface area contributed by atoms with Gasteiger partial charge in [0.25, 0.3) is 0 Å². The quantitative estimate of drug-likeness (QED) is 0.599. The highest BCUT2D eigenvalue weighted by molar-refractivity contribution is 5.92. The Bertz CT molecular complexity index is 788. The summed E-state index contributed by atoms with van der Waals surface area (Å²) in [4.78, 5) is 19.8. The van der Waals surface area contributed by atoms with Gasteiger partial charge in [-0.05, 0) is 39.8 Å². The Balaban J connectivity index is 2.51. The molecule has 0 fully saturated rings. The summed E-state index contributed by atoms with van der Waals surface area (Å²) in [7, 11) is 0. The van der Waals surface area contributed by atoms with E-state index in [1.807, 2.05) is 25.3 Å². The maximum absolute atomic E-state index is 12.0. The minimum absolute atomic E-state index is 0.309. The molecule has 1 aromatic heterocycles. The third-order valence-electron chi connectivity index (χ3n) is 3.18. The van der Waals surface area contributed by atoms with Gasteiger partial charge in [0, 0.05) is 5.54 Å². The van der Waals surface area contributed by atoms with E-state index in [4.69, 9.17) is 6.57 Å². The monoisotopic (exact) mass is 316 g/mol. The Labute approximate surface area is 134 Å². The number of nitrogens with one attached hydrogen (secondary N) is 1. The first-order valence-corrected chi connectivity index (χ1v) is 7.16. The van der Waals surface area contributed by atoms with Crippen LogP contribution in [0.2, 0.25) is 0 Å². The molecule has 0 spiro atoms. The number of aromatic nitrogens is 2. The fourth-order valence-electron chi connectivity index (χ4n) is 2.37. The normalized spacial score (nSPS) is 12.2. The number of hydrogen-bond donors (Lipinski definition) is 3. The summed E-state index contributed by atoms with van der Waals surface area (Å²) in [5.74, 6) is -2.33. The van der Waals surface area contributed by atoms with Gasteiger partial charge in [0.2, 0.25) is 11.9 Å². The zero-order valence-electron chi connectivity index (χ0n) is 13.6. The Morgan fingerprint density at radius 2 is 2.00 bits per heavy atom. The van der Waals surface area contributed by atoms with Crippen molar-refractivity contribution < 1.29 is 15.0 Å². The molecule has 1 aromatic carbocycles. The molecular weight excluding hydrogens is 296 g/mol. The molecule has 1 amide bonds. The first-order chi connectivity index (χ1) is 10.5. The topological polar surface area (TPSA) is 91.7 Å². The summed E-state index contributed by atoms with van der Waals surface area (Å²) in [5, 5.41) is 21.3. The second-order valence-electron chi connectivity index (χ2n) is 6.67. The van der Waals surface area contributed by atoms with Crippen LogP contribution in [0.5, 0.6) is 0 Å². The zero-order chi connectivity index (χ0) is 17.4. The molecule has 3 N–H and O–H groups in total. The van der Waals surface area contributed by atoms with Gasteiger partial charge in [-0.1, -0.05) is 6.07 Å². The van der Waals surface area contributed by atoms with Crippen LogP contribution in [-0.4, -0.2) is 31.5 Å². The van der Waals surface area contributed by atoms with Gasteiger partial charge < -0.3 is 14.8 Å². The van der Waals surface area contributed by atoms with E-state index in [0.717, 1.165) is 12.4 Å². The SMILES string of the molecule is [C-]#[N+]c1ccc2nc(NC(=O)CC(C)(O)O)n(C(C)(C)C)c2c1. The molecule has 0 bridgehead atoms. The Hall–Kier alpha value is -2.43. The zero-order valence-corrected chi connectivity index (χ0v) is 13.6. The van der Waals surface area contributed by atoms with Crippen LogP contribution in [0.3, 0.4) is 0 Å². The number of rotatable bonds is 3. The Morgan fingerprint density at radius 1 is 1.35 bits per heavy atom. The first-order valence-electron chi connectivity index (χ1n) is 7.16. The molecule has 0 aliphatic carbocycles. The highest BCUT2D eigenvalue weighted by Crippen LogP contribution is 2.30. The van der Waals surface area contributed by atoms with E-state index in [1.54, 1.807) is 18.2 Å². The number of carbonyl (C=O) groups excluding carboxylic acids is 1. The highest BCUT2D eigenvalue weighted by Gasteiger charge is 2.25. The van der Waals surface area contributed by atoms with E-state index >= 15 is 0 Å². The van der Waals surface area contributed by atoms with Crippen molar-refractivity contribution in [1.29, 1.82) is 0 Å². The number of amides is 1. The smallest absolute Gasteiger partial charge is 0.232 e. The molecule has 23 heavy (non-hydrogen) atoms. The average molecular weight is 316 g/mol. The van der Waals surface area contributed by atoms with Crippen molar-refractivity contribution in [2.24, 2.45) is 0 Å². The molecule has 2 aromatic rings. The van der Waals surface area contributed by atoms with Crippen LogP contribution in [0.1, 0.15) is 34.1 Å². The molecule has 122 valence electrons. The van der Waals surface area contributed by atoms with Crippen LogP contribution in [0.4, 0.5) is 11.6 Å². The van der Waals surface area contributed by atoms with Crippen molar-refractivity contribution in [3.8, 4) is 0 Å². The number of hydrogen-bond acceptors (Lipinski definition) is 4. The van der Waals surface area contributed by atoms with Gasteiger partial charge in [0.15, 0.2) is 11.5 Å². The maximum Gasteiger partial charge on any atom is 0.232 e. The average Bonchev–Trinajstić information content (AvgIpc) is 2.72. The molecule has 0 saturated carbocycles. The molecule has 7 heteroatoms. The molecule has 0 saturated heterocycles.